The highest BCUT2D eigenvalue weighted by molar-refractivity contribution is 7.17. The summed E-state index contributed by atoms with van der Waals surface area (Å²) in [6.07, 6.45) is 24.0. The van der Waals surface area contributed by atoms with Crippen molar-refractivity contribution in [3.63, 3.8) is 0 Å². The fourth-order valence-corrected chi connectivity index (χ4v) is 9.01. The van der Waals surface area contributed by atoms with Crippen LogP contribution in [0.4, 0.5) is 10.7 Å². The molecule has 2 amide bonds. The Bertz CT molecular complexity index is 1680. The first-order valence-corrected chi connectivity index (χ1v) is 19.0. The van der Waals surface area contributed by atoms with Crippen LogP contribution >= 0.6 is 11.3 Å². The molecule has 9 heteroatoms. The van der Waals surface area contributed by atoms with Crippen LogP contribution in [0, 0.1) is 11.8 Å². The molecule has 7 rings (SSSR count). The van der Waals surface area contributed by atoms with Crippen LogP contribution in [0.15, 0.2) is 71.9 Å². The highest BCUT2D eigenvalue weighted by atomic mass is 32.1. The predicted molar refractivity (Wildman–Crippen MR) is 196 cm³/mol. The number of benzene rings is 1. The second-order valence-electron chi connectivity index (χ2n) is 14.2. The van der Waals surface area contributed by atoms with Crippen molar-refractivity contribution in [3.8, 4) is 0 Å². The molecule has 2 aromatic rings. The molecule has 1 saturated carbocycles. The van der Waals surface area contributed by atoms with Gasteiger partial charge in [-0.3, -0.25) is 19.3 Å². The Morgan fingerprint density at radius 3 is 2.39 bits per heavy atom. The SMILES string of the molecule is O=C(Nc1ccc(CCC2=CCC(C(=O)O)C=C2)cc1)c1c(NC(=O)C2C=C(CN(C3CCNCC3)C3CC3)C=CC2)sc2c1CCCC2. The number of hydrogen-bond donors (Lipinski definition) is 4. The van der Waals surface area contributed by atoms with E-state index in [0.717, 1.165) is 80.5 Å². The molecule has 1 aliphatic heterocycles. The van der Waals surface area contributed by atoms with Gasteiger partial charge in [0.2, 0.25) is 5.91 Å². The largest absolute Gasteiger partial charge is 0.481 e. The van der Waals surface area contributed by atoms with Gasteiger partial charge in [-0.2, -0.15) is 0 Å². The fourth-order valence-electron chi connectivity index (χ4n) is 7.72. The minimum Gasteiger partial charge on any atom is -0.481 e. The molecule has 258 valence electrons. The average Bonchev–Trinajstić information content (AvgIpc) is 3.91. The van der Waals surface area contributed by atoms with E-state index >= 15 is 0 Å². The molecule has 5 aliphatic rings. The minimum atomic E-state index is -0.784. The van der Waals surface area contributed by atoms with Gasteiger partial charge in [0.05, 0.1) is 17.4 Å². The Labute approximate surface area is 293 Å². The highest BCUT2D eigenvalue weighted by Crippen LogP contribution is 2.39. The summed E-state index contributed by atoms with van der Waals surface area (Å²) in [5.74, 6) is -1.68. The molecule has 0 bridgehead atoms. The topological polar surface area (TPSA) is 111 Å². The molecule has 2 unspecified atom stereocenters. The minimum absolute atomic E-state index is 0.0416. The first-order chi connectivity index (χ1) is 23.9. The van der Waals surface area contributed by atoms with Crippen LogP contribution in [-0.2, 0) is 28.9 Å². The van der Waals surface area contributed by atoms with Crippen LogP contribution in [0.2, 0.25) is 0 Å². The third-order valence-corrected chi connectivity index (χ3v) is 11.9. The van der Waals surface area contributed by atoms with Crippen molar-refractivity contribution >= 4 is 39.8 Å². The Morgan fingerprint density at radius 2 is 1.65 bits per heavy atom. The number of piperidine rings is 1. The lowest BCUT2D eigenvalue weighted by atomic mass is 9.93. The standard InChI is InChI=1S/C40H48N4O4S/c45-37(30-5-3-4-28(24-30)25-44(32-18-19-32)33-20-22-41-23-21-33)43-39-36(34-6-1-2-7-35(34)49-39)38(46)42-31-16-12-27(13-17-31)9-8-26-10-14-29(15-11-26)40(47)48/h3-4,10-14,16-17,24,29-30,32-33,41H,1-2,5-9,15,18-23,25H2,(H,42,46)(H,43,45)(H,47,48). The van der Waals surface area contributed by atoms with E-state index in [1.165, 1.54) is 36.1 Å². The van der Waals surface area contributed by atoms with Crippen LogP contribution in [-0.4, -0.2) is 59.5 Å². The van der Waals surface area contributed by atoms with Crippen molar-refractivity contribution in [3.05, 3.63) is 93.4 Å². The van der Waals surface area contributed by atoms with Crippen molar-refractivity contribution < 1.29 is 19.5 Å². The molecule has 2 fully saturated rings. The number of amides is 2. The van der Waals surface area contributed by atoms with Crippen LogP contribution in [0.5, 0.6) is 0 Å². The Hall–Kier alpha value is -3.79. The number of carbonyl (C=O) groups is 3. The van der Waals surface area contributed by atoms with E-state index in [4.69, 9.17) is 0 Å². The van der Waals surface area contributed by atoms with Gasteiger partial charge < -0.3 is 21.1 Å². The Balaban J connectivity index is 0.995. The van der Waals surface area contributed by atoms with Gasteiger partial charge in [0.25, 0.3) is 5.91 Å². The van der Waals surface area contributed by atoms with Crippen molar-refractivity contribution in [2.24, 2.45) is 11.8 Å². The van der Waals surface area contributed by atoms with Crippen LogP contribution in [0.25, 0.3) is 0 Å². The zero-order valence-electron chi connectivity index (χ0n) is 28.2. The van der Waals surface area contributed by atoms with Crippen LogP contribution in [0.1, 0.15) is 84.1 Å². The van der Waals surface area contributed by atoms with Gasteiger partial charge in [-0.25, -0.2) is 0 Å². The number of hydrogen-bond acceptors (Lipinski definition) is 6. The van der Waals surface area contributed by atoms with Crippen molar-refractivity contribution in [1.29, 1.82) is 0 Å². The molecule has 2 atom stereocenters. The normalized spacial score (nSPS) is 22.3. The quantitative estimate of drug-likeness (QED) is 0.191. The third kappa shape index (κ3) is 8.34. The summed E-state index contributed by atoms with van der Waals surface area (Å²) < 4.78 is 0. The number of aliphatic carboxylic acids is 1. The zero-order valence-corrected chi connectivity index (χ0v) is 29.0. The summed E-state index contributed by atoms with van der Waals surface area (Å²) >= 11 is 1.57. The molecular formula is C40H48N4O4S. The van der Waals surface area contributed by atoms with Gasteiger partial charge in [-0.15, -0.1) is 11.3 Å². The molecule has 0 radical (unpaired) electrons. The second-order valence-corrected chi connectivity index (χ2v) is 15.3. The second kappa shape index (κ2) is 15.4. The lowest BCUT2D eigenvalue weighted by molar-refractivity contribution is -0.140. The predicted octanol–water partition coefficient (Wildman–Crippen LogP) is 7.06. The smallest absolute Gasteiger partial charge is 0.310 e. The molecule has 1 aromatic heterocycles. The summed E-state index contributed by atoms with van der Waals surface area (Å²) in [7, 11) is 0. The van der Waals surface area contributed by atoms with Crippen molar-refractivity contribution in [2.45, 2.75) is 89.1 Å². The number of carbonyl (C=O) groups excluding carboxylic acids is 2. The van der Waals surface area contributed by atoms with E-state index in [-0.39, 0.29) is 17.7 Å². The monoisotopic (exact) mass is 680 g/mol. The lowest BCUT2D eigenvalue weighted by Crippen LogP contribution is -2.45. The molecule has 8 nitrogen and oxygen atoms in total. The number of rotatable bonds is 12. The van der Waals surface area contributed by atoms with Gasteiger partial charge in [0.1, 0.15) is 5.00 Å². The Kier molecular flexibility index (Phi) is 10.6. The van der Waals surface area contributed by atoms with Gasteiger partial charge in [0.15, 0.2) is 0 Å². The van der Waals surface area contributed by atoms with Gasteiger partial charge in [-0.1, -0.05) is 54.2 Å². The fraction of sp³-hybridized carbons (Fsp3) is 0.475. The third-order valence-electron chi connectivity index (χ3n) is 10.7. The molecule has 4 N–H and O–H groups in total. The number of anilines is 2. The van der Waals surface area contributed by atoms with E-state index in [9.17, 15) is 19.5 Å². The average molecular weight is 681 g/mol. The van der Waals surface area contributed by atoms with Crippen molar-refractivity contribution in [2.75, 3.05) is 30.3 Å². The number of carboxylic acid groups (broad SMARTS) is 1. The molecule has 49 heavy (non-hydrogen) atoms. The van der Waals surface area contributed by atoms with E-state index < -0.39 is 11.9 Å². The first kappa shape index (κ1) is 33.7. The zero-order chi connectivity index (χ0) is 33.7. The van der Waals surface area contributed by atoms with Gasteiger partial charge >= 0.3 is 5.97 Å². The molecule has 1 aromatic carbocycles. The summed E-state index contributed by atoms with van der Waals surface area (Å²) in [5, 5.41) is 19.7. The lowest BCUT2D eigenvalue weighted by Gasteiger charge is -2.35. The molecule has 4 aliphatic carbocycles. The van der Waals surface area contributed by atoms with Crippen LogP contribution in [0.3, 0.4) is 0 Å². The summed E-state index contributed by atoms with van der Waals surface area (Å²) in [6.45, 7) is 3.06. The highest BCUT2D eigenvalue weighted by Gasteiger charge is 2.35. The summed E-state index contributed by atoms with van der Waals surface area (Å²) in [6, 6.07) is 9.22. The van der Waals surface area contributed by atoms with Crippen LogP contribution < -0.4 is 16.0 Å². The van der Waals surface area contributed by atoms with Gasteiger partial charge in [-0.05, 0) is 119 Å². The van der Waals surface area contributed by atoms with E-state index in [2.05, 4.69) is 39.1 Å². The maximum Gasteiger partial charge on any atom is 0.310 e. The van der Waals surface area contributed by atoms with Gasteiger partial charge in [0, 0.05) is 29.2 Å². The molecule has 2 heterocycles. The number of thiophene rings is 1. The van der Waals surface area contributed by atoms with E-state index in [0.29, 0.717) is 35.5 Å². The summed E-state index contributed by atoms with van der Waals surface area (Å²) in [4.78, 5) is 42.7. The molecular weight excluding hydrogens is 633 g/mol. The first-order valence-electron chi connectivity index (χ1n) is 18.2. The maximum atomic E-state index is 13.9. The molecule has 0 spiro atoms. The number of fused-ring (bicyclic) bond motifs is 1. The number of allylic oxidation sites excluding steroid dienone is 4. The van der Waals surface area contributed by atoms with E-state index in [1.54, 1.807) is 17.4 Å². The summed E-state index contributed by atoms with van der Waals surface area (Å²) in [5.41, 5.74) is 5.96. The number of nitrogens with one attached hydrogen (secondary N) is 3. The maximum absolute atomic E-state index is 13.9. The number of nitrogens with zero attached hydrogens (tertiary/aromatic N) is 1. The number of carboxylic acids is 1. The number of aryl methyl sites for hydroxylation is 2. The Morgan fingerprint density at radius 1 is 0.878 bits per heavy atom. The molecule has 1 saturated heterocycles. The van der Waals surface area contributed by atoms with Crippen molar-refractivity contribution in [1.82, 2.24) is 10.2 Å². The van der Waals surface area contributed by atoms with E-state index in [1.807, 2.05) is 36.4 Å².